The summed E-state index contributed by atoms with van der Waals surface area (Å²) in [7, 11) is 2.53. The Morgan fingerprint density at radius 1 is 1.07 bits per heavy atom. The number of carbonyl (C=O) groups is 2. The lowest BCUT2D eigenvalue weighted by molar-refractivity contribution is -0.277. The van der Waals surface area contributed by atoms with Crippen LogP contribution < -0.4 is 0 Å². The first-order chi connectivity index (χ1) is 13.9. The molecule has 9 nitrogen and oxygen atoms in total. The zero-order valence-electron chi connectivity index (χ0n) is 16.8. The second-order valence-corrected chi connectivity index (χ2v) is 7.68. The van der Waals surface area contributed by atoms with Crippen molar-refractivity contribution in [3.8, 4) is 0 Å². The van der Waals surface area contributed by atoms with Gasteiger partial charge in [0.25, 0.3) is 0 Å². The van der Waals surface area contributed by atoms with Crippen molar-refractivity contribution in [3.05, 3.63) is 35.9 Å². The third-order valence-electron chi connectivity index (χ3n) is 5.41. The van der Waals surface area contributed by atoms with E-state index < -0.39 is 48.1 Å². The third-order valence-corrected chi connectivity index (χ3v) is 5.41. The standard InChI is InChI=1S/C20H25NO8/c1-20(2)27-12-10-26-17(15(12)28-20)21-14(11-8-6-5-7-9-11)13(18(22)24-3)16(29-21)19(23)25-4/h5-9,12-17H,10H2,1-4H3/t12-,13-,14-,15-,16+,17-/m1/s1. The molecule has 9 heteroatoms. The second-order valence-electron chi connectivity index (χ2n) is 7.68. The van der Waals surface area contributed by atoms with Crippen LogP contribution in [-0.2, 0) is 38.1 Å². The fraction of sp³-hybridized carbons (Fsp3) is 0.600. The number of hydrogen-bond acceptors (Lipinski definition) is 9. The molecule has 1 aromatic carbocycles. The molecule has 0 bridgehead atoms. The number of methoxy groups -OCH3 is 2. The predicted molar refractivity (Wildman–Crippen MR) is 97.0 cm³/mol. The van der Waals surface area contributed by atoms with Crippen molar-refractivity contribution >= 4 is 11.9 Å². The van der Waals surface area contributed by atoms with Crippen LogP contribution in [0, 0.1) is 5.92 Å². The van der Waals surface area contributed by atoms with Crippen molar-refractivity contribution in [1.82, 2.24) is 5.06 Å². The normalized spacial score (nSPS) is 36.0. The van der Waals surface area contributed by atoms with Crippen molar-refractivity contribution in [2.45, 2.75) is 50.2 Å². The maximum atomic E-state index is 12.7. The maximum Gasteiger partial charge on any atom is 0.338 e. The van der Waals surface area contributed by atoms with Gasteiger partial charge >= 0.3 is 11.9 Å². The minimum atomic E-state index is -1.17. The number of ether oxygens (including phenoxy) is 5. The van der Waals surface area contributed by atoms with Crippen LogP contribution in [0.15, 0.2) is 30.3 Å². The summed E-state index contributed by atoms with van der Waals surface area (Å²) in [5, 5.41) is 1.52. The second kappa shape index (κ2) is 7.66. The average Bonchev–Trinajstić information content (AvgIpc) is 3.36. The number of carbonyl (C=O) groups excluding carboxylic acids is 2. The first-order valence-electron chi connectivity index (χ1n) is 9.49. The Bertz CT molecular complexity index is 769. The molecule has 0 spiro atoms. The number of hydrogen-bond donors (Lipinski definition) is 0. The summed E-state index contributed by atoms with van der Waals surface area (Å²) in [6.45, 7) is 3.97. The summed E-state index contributed by atoms with van der Waals surface area (Å²) in [5.41, 5.74) is 0.777. The third kappa shape index (κ3) is 3.53. The minimum Gasteiger partial charge on any atom is -0.469 e. The van der Waals surface area contributed by atoms with Crippen molar-refractivity contribution in [2.75, 3.05) is 20.8 Å². The van der Waals surface area contributed by atoms with Crippen LogP contribution in [0.4, 0.5) is 0 Å². The van der Waals surface area contributed by atoms with E-state index in [4.69, 9.17) is 28.5 Å². The van der Waals surface area contributed by atoms with Crippen LogP contribution in [-0.4, -0.2) is 68.2 Å². The van der Waals surface area contributed by atoms with Crippen LogP contribution in [0.5, 0.6) is 0 Å². The van der Waals surface area contributed by atoms with Crippen LogP contribution in [0.3, 0.4) is 0 Å². The molecule has 0 aliphatic carbocycles. The molecule has 0 unspecified atom stereocenters. The summed E-state index contributed by atoms with van der Waals surface area (Å²) in [5.74, 6) is -2.94. The molecule has 3 aliphatic rings. The number of nitrogens with zero attached hydrogens (tertiary/aromatic N) is 1. The Morgan fingerprint density at radius 2 is 1.76 bits per heavy atom. The predicted octanol–water partition coefficient (Wildman–Crippen LogP) is 1.18. The van der Waals surface area contributed by atoms with Gasteiger partial charge in [0, 0.05) is 0 Å². The van der Waals surface area contributed by atoms with E-state index in [9.17, 15) is 9.59 Å². The fourth-order valence-corrected chi connectivity index (χ4v) is 4.24. The minimum absolute atomic E-state index is 0.274. The molecule has 0 saturated carbocycles. The highest BCUT2D eigenvalue weighted by Crippen LogP contribution is 2.46. The van der Waals surface area contributed by atoms with E-state index in [-0.39, 0.29) is 6.10 Å². The van der Waals surface area contributed by atoms with E-state index in [2.05, 4.69) is 0 Å². The molecule has 29 heavy (non-hydrogen) atoms. The molecule has 0 aromatic heterocycles. The van der Waals surface area contributed by atoms with Gasteiger partial charge in [-0.05, 0) is 19.4 Å². The lowest BCUT2D eigenvalue weighted by Crippen LogP contribution is -2.44. The Labute approximate surface area is 168 Å². The van der Waals surface area contributed by atoms with Crippen LogP contribution in [0.1, 0.15) is 25.5 Å². The van der Waals surface area contributed by atoms with Crippen molar-refractivity contribution in [3.63, 3.8) is 0 Å². The molecular formula is C20H25NO8. The van der Waals surface area contributed by atoms with Gasteiger partial charge < -0.3 is 23.7 Å². The number of benzene rings is 1. The Kier molecular flexibility index (Phi) is 5.34. The van der Waals surface area contributed by atoms with Gasteiger partial charge in [0.05, 0.1) is 26.9 Å². The van der Waals surface area contributed by atoms with Crippen LogP contribution in [0.25, 0.3) is 0 Å². The highest BCUT2D eigenvalue weighted by atomic mass is 16.8. The number of fused-ring (bicyclic) bond motifs is 1. The first-order valence-corrected chi connectivity index (χ1v) is 9.49. The molecule has 1 aromatic rings. The largest absolute Gasteiger partial charge is 0.469 e. The average molecular weight is 407 g/mol. The zero-order chi connectivity index (χ0) is 20.8. The quantitative estimate of drug-likeness (QED) is 0.682. The van der Waals surface area contributed by atoms with Gasteiger partial charge in [-0.1, -0.05) is 30.3 Å². The van der Waals surface area contributed by atoms with E-state index in [1.807, 2.05) is 44.2 Å². The summed E-state index contributed by atoms with van der Waals surface area (Å²) in [6.07, 6.45) is -2.56. The number of esters is 2. The molecule has 3 aliphatic heterocycles. The van der Waals surface area contributed by atoms with E-state index in [1.54, 1.807) is 0 Å². The van der Waals surface area contributed by atoms with E-state index in [0.717, 1.165) is 5.56 Å². The SMILES string of the molecule is COC(=O)[C@H]1[C@@H](C(=O)OC)ON([C@@H]2OC[C@H]3OC(C)(C)O[C@@H]23)[C@@H]1c1ccccc1. The fourth-order valence-electron chi connectivity index (χ4n) is 4.24. The Balaban J connectivity index is 1.73. The van der Waals surface area contributed by atoms with Gasteiger partial charge in [-0.25, -0.2) is 4.79 Å². The van der Waals surface area contributed by atoms with Crippen LogP contribution in [0.2, 0.25) is 0 Å². The van der Waals surface area contributed by atoms with Gasteiger partial charge in [-0.15, -0.1) is 5.06 Å². The van der Waals surface area contributed by atoms with Crippen molar-refractivity contribution in [1.29, 1.82) is 0 Å². The molecule has 0 N–H and O–H groups in total. The zero-order valence-corrected chi connectivity index (χ0v) is 16.8. The lowest BCUT2D eigenvalue weighted by Gasteiger charge is -2.32. The summed E-state index contributed by atoms with van der Waals surface area (Å²) in [6, 6.07) is 8.66. The van der Waals surface area contributed by atoms with E-state index in [0.29, 0.717) is 6.61 Å². The molecule has 6 atom stereocenters. The summed E-state index contributed by atoms with van der Waals surface area (Å²) in [4.78, 5) is 31.1. The van der Waals surface area contributed by atoms with Gasteiger partial charge in [-0.3, -0.25) is 9.63 Å². The van der Waals surface area contributed by atoms with Gasteiger partial charge in [-0.2, -0.15) is 0 Å². The number of hydroxylamine groups is 2. The monoisotopic (exact) mass is 407 g/mol. The summed E-state index contributed by atoms with van der Waals surface area (Å²) >= 11 is 0. The highest BCUT2D eigenvalue weighted by Gasteiger charge is 2.60. The van der Waals surface area contributed by atoms with Gasteiger partial charge in [0.2, 0.25) is 0 Å². The maximum absolute atomic E-state index is 12.7. The first kappa shape index (κ1) is 20.2. The molecule has 3 heterocycles. The van der Waals surface area contributed by atoms with Crippen LogP contribution >= 0.6 is 0 Å². The summed E-state index contributed by atoms with van der Waals surface area (Å²) < 4.78 is 27.7. The Hall–Kier alpha value is -2.04. The molecule has 0 amide bonds. The van der Waals surface area contributed by atoms with Gasteiger partial charge in [0.1, 0.15) is 18.1 Å². The molecule has 158 valence electrons. The molecule has 3 fully saturated rings. The Morgan fingerprint density at radius 3 is 2.41 bits per heavy atom. The van der Waals surface area contributed by atoms with E-state index >= 15 is 0 Å². The molecular weight excluding hydrogens is 382 g/mol. The topological polar surface area (TPSA) is 92.8 Å². The smallest absolute Gasteiger partial charge is 0.338 e. The molecule has 3 saturated heterocycles. The van der Waals surface area contributed by atoms with Crippen molar-refractivity contribution < 1.29 is 38.1 Å². The molecule has 4 rings (SSSR count). The van der Waals surface area contributed by atoms with Crippen molar-refractivity contribution in [2.24, 2.45) is 5.92 Å². The lowest BCUT2D eigenvalue weighted by atomic mass is 9.89. The van der Waals surface area contributed by atoms with Gasteiger partial charge in [0.15, 0.2) is 18.1 Å². The number of rotatable bonds is 4. The molecule has 0 radical (unpaired) electrons. The highest BCUT2D eigenvalue weighted by molar-refractivity contribution is 5.85. The van der Waals surface area contributed by atoms with E-state index in [1.165, 1.54) is 19.3 Å².